The Labute approximate surface area is 115 Å². The molecule has 0 unspecified atom stereocenters. The van der Waals surface area contributed by atoms with Crippen molar-refractivity contribution < 1.29 is 0 Å². The van der Waals surface area contributed by atoms with Gasteiger partial charge in [-0.15, -0.1) is 0 Å². The van der Waals surface area contributed by atoms with Gasteiger partial charge in [0.05, 0.1) is 16.2 Å². The number of aromatic nitrogens is 3. The average molecular weight is 286 g/mol. The summed E-state index contributed by atoms with van der Waals surface area (Å²) in [4.78, 5) is 4.09. The van der Waals surface area contributed by atoms with Crippen LogP contribution < -0.4 is 11.1 Å². The van der Waals surface area contributed by atoms with Crippen LogP contribution in [0.25, 0.3) is 0 Å². The zero-order chi connectivity index (χ0) is 13.1. The Bertz CT molecular complexity index is 552. The van der Waals surface area contributed by atoms with Crippen molar-refractivity contribution in [3.05, 3.63) is 34.1 Å². The van der Waals surface area contributed by atoms with Crippen molar-refractivity contribution in [3.8, 4) is 0 Å². The smallest absolute Gasteiger partial charge is 0.147 e. The van der Waals surface area contributed by atoms with E-state index in [0.717, 1.165) is 12.0 Å². The van der Waals surface area contributed by atoms with E-state index in [4.69, 9.17) is 28.9 Å². The summed E-state index contributed by atoms with van der Waals surface area (Å²) >= 11 is 11.8. The normalized spacial score (nSPS) is 10.6. The van der Waals surface area contributed by atoms with Crippen molar-refractivity contribution in [2.45, 2.75) is 6.42 Å². The van der Waals surface area contributed by atoms with Crippen molar-refractivity contribution in [1.82, 2.24) is 14.8 Å². The molecule has 2 heterocycles. The Balaban J connectivity index is 1.96. The van der Waals surface area contributed by atoms with Gasteiger partial charge in [-0.25, -0.2) is 4.98 Å². The van der Waals surface area contributed by atoms with Gasteiger partial charge in [-0.2, -0.15) is 5.10 Å². The maximum Gasteiger partial charge on any atom is 0.147 e. The Kier molecular flexibility index (Phi) is 3.93. The number of hydrogen-bond acceptors (Lipinski definition) is 4. The van der Waals surface area contributed by atoms with E-state index in [2.05, 4.69) is 15.4 Å². The number of anilines is 2. The molecule has 3 N–H and O–H groups in total. The molecule has 2 aromatic heterocycles. The highest BCUT2D eigenvalue weighted by molar-refractivity contribution is 6.37. The number of nitrogen functional groups attached to an aromatic ring is 1. The predicted molar refractivity (Wildman–Crippen MR) is 74.1 cm³/mol. The van der Waals surface area contributed by atoms with Crippen LogP contribution in [-0.4, -0.2) is 21.3 Å². The lowest BCUT2D eigenvalue weighted by atomic mass is 10.2. The third-order valence-electron chi connectivity index (χ3n) is 2.42. The second-order valence-electron chi connectivity index (χ2n) is 3.88. The van der Waals surface area contributed by atoms with E-state index in [1.54, 1.807) is 10.7 Å². The van der Waals surface area contributed by atoms with Gasteiger partial charge >= 0.3 is 0 Å². The summed E-state index contributed by atoms with van der Waals surface area (Å²) in [5.74, 6) is 0.812. The van der Waals surface area contributed by atoms with Crippen LogP contribution in [-0.2, 0) is 13.5 Å². The monoisotopic (exact) mass is 285 g/mol. The van der Waals surface area contributed by atoms with Crippen molar-refractivity contribution in [2.24, 2.45) is 7.05 Å². The van der Waals surface area contributed by atoms with E-state index < -0.39 is 0 Å². The maximum atomic E-state index is 6.01. The molecular weight excluding hydrogens is 273 g/mol. The number of pyridine rings is 1. The predicted octanol–water partition coefficient (Wildman–Crippen LogP) is 2.36. The summed E-state index contributed by atoms with van der Waals surface area (Å²) in [5.41, 5.74) is 6.76. The first-order valence-corrected chi connectivity index (χ1v) is 6.15. The van der Waals surface area contributed by atoms with E-state index in [1.807, 2.05) is 19.4 Å². The lowest BCUT2D eigenvalue weighted by Gasteiger charge is -2.08. The van der Waals surface area contributed by atoms with Gasteiger partial charge in [0, 0.05) is 19.8 Å². The Morgan fingerprint density at radius 2 is 2.17 bits per heavy atom. The number of nitrogens with two attached hydrogens (primary N) is 1. The minimum Gasteiger partial charge on any atom is -0.382 e. The summed E-state index contributed by atoms with van der Waals surface area (Å²) in [6.07, 6.45) is 4.62. The highest BCUT2D eigenvalue weighted by atomic mass is 35.5. The molecule has 0 aliphatic heterocycles. The maximum absolute atomic E-state index is 6.01. The Hall–Kier alpha value is -1.46. The highest BCUT2D eigenvalue weighted by Crippen LogP contribution is 2.27. The molecule has 0 bridgehead atoms. The molecule has 0 amide bonds. The SMILES string of the molecule is Cn1cc(CCNc2nc(N)c(Cl)cc2Cl)cn1. The second kappa shape index (κ2) is 5.46. The summed E-state index contributed by atoms with van der Waals surface area (Å²) in [6.45, 7) is 0.694. The molecule has 0 aliphatic rings. The van der Waals surface area contributed by atoms with Crippen LogP contribution >= 0.6 is 23.2 Å². The third-order valence-corrected chi connectivity index (χ3v) is 3.01. The van der Waals surface area contributed by atoms with Crippen LogP contribution in [0.5, 0.6) is 0 Å². The third kappa shape index (κ3) is 3.05. The molecule has 18 heavy (non-hydrogen) atoms. The number of halogens is 2. The molecule has 0 fully saturated rings. The quantitative estimate of drug-likeness (QED) is 0.905. The molecule has 7 heteroatoms. The zero-order valence-corrected chi connectivity index (χ0v) is 11.3. The lowest BCUT2D eigenvalue weighted by Crippen LogP contribution is -2.07. The fourth-order valence-corrected chi connectivity index (χ4v) is 1.96. The highest BCUT2D eigenvalue weighted by Gasteiger charge is 2.06. The second-order valence-corrected chi connectivity index (χ2v) is 4.70. The van der Waals surface area contributed by atoms with E-state index in [1.165, 1.54) is 0 Å². The van der Waals surface area contributed by atoms with Gasteiger partial charge in [0.15, 0.2) is 0 Å². The molecule has 5 nitrogen and oxygen atoms in total. The lowest BCUT2D eigenvalue weighted by molar-refractivity contribution is 0.767. The van der Waals surface area contributed by atoms with E-state index in [0.29, 0.717) is 22.4 Å². The standard InChI is InChI=1S/C11H13Cl2N5/c1-18-6-7(5-16-18)2-3-15-11-9(13)4-8(12)10(14)17-11/h4-6H,2-3H2,1H3,(H3,14,15,17). The number of hydrogen-bond donors (Lipinski definition) is 2. The van der Waals surface area contributed by atoms with Gasteiger partial charge in [-0.1, -0.05) is 23.2 Å². The van der Waals surface area contributed by atoms with Crippen molar-refractivity contribution >= 4 is 34.8 Å². The fourth-order valence-electron chi connectivity index (χ4n) is 1.53. The molecule has 0 aromatic carbocycles. The van der Waals surface area contributed by atoms with Gasteiger partial charge in [0.1, 0.15) is 11.6 Å². The van der Waals surface area contributed by atoms with E-state index in [-0.39, 0.29) is 5.82 Å². The first-order valence-electron chi connectivity index (χ1n) is 5.39. The Morgan fingerprint density at radius 1 is 1.39 bits per heavy atom. The molecule has 0 radical (unpaired) electrons. The Morgan fingerprint density at radius 3 is 2.83 bits per heavy atom. The summed E-state index contributed by atoms with van der Waals surface area (Å²) in [6, 6.07) is 1.58. The number of aryl methyl sites for hydroxylation is 1. The van der Waals surface area contributed by atoms with Gasteiger partial charge in [0.2, 0.25) is 0 Å². The molecule has 0 aliphatic carbocycles. The molecule has 96 valence electrons. The summed E-state index contributed by atoms with van der Waals surface area (Å²) in [7, 11) is 1.88. The topological polar surface area (TPSA) is 68.8 Å². The first-order chi connectivity index (χ1) is 8.56. The van der Waals surface area contributed by atoms with Crippen molar-refractivity contribution in [1.29, 1.82) is 0 Å². The molecule has 2 aromatic rings. The van der Waals surface area contributed by atoms with Crippen LogP contribution in [0.3, 0.4) is 0 Å². The van der Waals surface area contributed by atoms with Crippen LogP contribution in [0.2, 0.25) is 10.0 Å². The minimum absolute atomic E-state index is 0.268. The van der Waals surface area contributed by atoms with Crippen molar-refractivity contribution in [2.75, 3.05) is 17.6 Å². The molecule has 2 rings (SSSR count). The summed E-state index contributed by atoms with van der Waals surface area (Å²) in [5, 5.41) is 8.03. The van der Waals surface area contributed by atoms with Gasteiger partial charge in [-0.05, 0) is 18.1 Å². The van der Waals surface area contributed by atoms with Gasteiger partial charge in [-0.3, -0.25) is 4.68 Å². The van der Waals surface area contributed by atoms with Crippen LogP contribution in [0.1, 0.15) is 5.56 Å². The number of nitrogens with zero attached hydrogens (tertiary/aromatic N) is 3. The molecule has 0 spiro atoms. The van der Waals surface area contributed by atoms with Crippen molar-refractivity contribution in [3.63, 3.8) is 0 Å². The summed E-state index contributed by atoms with van der Waals surface area (Å²) < 4.78 is 1.76. The molecular formula is C11H13Cl2N5. The average Bonchev–Trinajstić information content (AvgIpc) is 2.71. The van der Waals surface area contributed by atoms with Gasteiger partial charge in [0.25, 0.3) is 0 Å². The minimum atomic E-state index is 0.268. The largest absolute Gasteiger partial charge is 0.382 e. The van der Waals surface area contributed by atoms with Gasteiger partial charge < -0.3 is 11.1 Å². The fraction of sp³-hybridized carbons (Fsp3) is 0.273. The zero-order valence-electron chi connectivity index (χ0n) is 9.82. The van der Waals surface area contributed by atoms with E-state index in [9.17, 15) is 0 Å². The van der Waals surface area contributed by atoms with Crippen LogP contribution in [0.15, 0.2) is 18.5 Å². The molecule has 0 saturated heterocycles. The first kappa shape index (κ1) is 13.0. The van der Waals surface area contributed by atoms with Crippen LogP contribution in [0, 0.1) is 0 Å². The molecule has 0 saturated carbocycles. The van der Waals surface area contributed by atoms with E-state index >= 15 is 0 Å². The molecule has 0 atom stereocenters. The van der Waals surface area contributed by atoms with Crippen LogP contribution in [0.4, 0.5) is 11.6 Å². The number of nitrogens with one attached hydrogen (secondary N) is 1. The number of rotatable bonds is 4.